The largest absolute Gasteiger partial charge is 0.300 e. The van der Waals surface area contributed by atoms with E-state index in [-0.39, 0.29) is 13.3 Å². The van der Waals surface area contributed by atoms with Crippen molar-refractivity contribution in [1.29, 1.82) is 0 Å². The van der Waals surface area contributed by atoms with E-state index in [1.807, 2.05) is 0 Å². The maximum absolute atomic E-state index is 11.6. The highest BCUT2D eigenvalue weighted by Crippen LogP contribution is 2.27. The summed E-state index contributed by atoms with van der Waals surface area (Å²) < 4.78 is 0. The number of nitrogens with one attached hydrogen (secondary N) is 1. The molecule has 0 saturated carbocycles. The van der Waals surface area contributed by atoms with E-state index in [4.69, 9.17) is 0 Å². The maximum Gasteiger partial charge on any atom is 0.300 e. The van der Waals surface area contributed by atoms with E-state index in [9.17, 15) is 14.5 Å². The minimum Gasteiger partial charge on any atom is -0.291 e. The molecule has 0 atom stereocenters. The fraction of sp³-hybridized carbons (Fsp3) is 0.200. The topological polar surface area (TPSA) is 78.8 Å². The van der Waals surface area contributed by atoms with Gasteiger partial charge in [0, 0.05) is 0 Å². The third-order valence-corrected chi connectivity index (χ3v) is 2.33. The Morgan fingerprint density at radius 3 is 2.75 bits per heavy atom. The lowest BCUT2D eigenvalue weighted by Gasteiger charge is -2.15. The van der Waals surface area contributed by atoms with Gasteiger partial charge in [-0.2, -0.15) is 0 Å². The van der Waals surface area contributed by atoms with Crippen LogP contribution in [0.1, 0.15) is 10.4 Å². The normalized spacial score (nSPS) is 14.1. The Labute approximate surface area is 91.2 Å². The van der Waals surface area contributed by atoms with Gasteiger partial charge in [-0.1, -0.05) is 17.3 Å². The summed E-state index contributed by atoms with van der Waals surface area (Å²) >= 11 is 0. The highest BCUT2D eigenvalue weighted by atomic mass is 16.3. The van der Waals surface area contributed by atoms with E-state index in [1.165, 1.54) is 4.90 Å². The zero-order valence-electron chi connectivity index (χ0n) is 8.34. The van der Waals surface area contributed by atoms with E-state index < -0.39 is 11.7 Å². The van der Waals surface area contributed by atoms with Crippen LogP contribution in [0, 0.1) is 4.91 Å². The Bertz CT molecular complexity index is 458. The van der Waals surface area contributed by atoms with Gasteiger partial charge < -0.3 is 0 Å². The summed E-state index contributed by atoms with van der Waals surface area (Å²) in [5.74, 6) is -1.10. The predicted octanol–water partition coefficient (Wildman–Crippen LogP) is 0.487. The van der Waals surface area contributed by atoms with Gasteiger partial charge >= 0.3 is 5.91 Å². The van der Waals surface area contributed by atoms with Crippen LogP contribution in [0.2, 0.25) is 0 Å². The third-order valence-electron chi connectivity index (χ3n) is 2.33. The van der Waals surface area contributed by atoms with Crippen LogP contribution in [0.5, 0.6) is 0 Å². The number of Topliss-reactive ketones (excluding diaryl/α,β-unsaturated/α-hetero) is 1. The minimum absolute atomic E-state index is 0.0971. The Morgan fingerprint density at radius 2 is 2.00 bits per heavy atom. The number of benzene rings is 1. The van der Waals surface area contributed by atoms with E-state index >= 15 is 0 Å². The Morgan fingerprint density at radius 1 is 1.25 bits per heavy atom. The number of para-hydroxylation sites is 1. The van der Waals surface area contributed by atoms with Crippen LogP contribution in [-0.4, -0.2) is 25.0 Å². The second-order valence-electron chi connectivity index (χ2n) is 3.27. The molecule has 6 nitrogen and oxygen atoms in total. The van der Waals surface area contributed by atoms with Gasteiger partial charge in [0.05, 0.1) is 17.9 Å². The molecule has 1 aromatic rings. The fourth-order valence-corrected chi connectivity index (χ4v) is 1.61. The summed E-state index contributed by atoms with van der Waals surface area (Å²) in [4.78, 5) is 34.3. The molecule has 0 bridgehead atoms. The number of nitrogens with zero attached hydrogens (tertiary/aromatic N) is 2. The molecule has 16 heavy (non-hydrogen) atoms. The monoisotopic (exact) mass is 219 g/mol. The molecule has 0 saturated heterocycles. The first-order chi connectivity index (χ1) is 7.75. The Hall–Kier alpha value is -2.08. The van der Waals surface area contributed by atoms with Gasteiger partial charge in [0.2, 0.25) is 0 Å². The molecule has 1 N–H and O–H groups in total. The number of hydrogen-bond donors (Lipinski definition) is 1. The van der Waals surface area contributed by atoms with Crippen LogP contribution in [0.25, 0.3) is 0 Å². The second-order valence-corrected chi connectivity index (χ2v) is 3.27. The van der Waals surface area contributed by atoms with Gasteiger partial charge in [-0.3, -0.25) is 19.8 Å². The number of amides is 1. The molecular formula is C10H9N3O3. The summed E-state index contributed by atoms with van der Waals surface area (Å²) in [6.45, 7) is 0.00740. The number of carbonyl (C=O) groups is 2. The molecule has 1 amide bonds. The third kappa shape index (κ3) is 1.59. The molecule has 0 radical (unpaired) electrons. The molecule has 6 heteroatoms. The van der Waals surface area contributed by atoms with Crippen LogP contribution in [0.3, 0.4) is 0 Å². The molecule has 0 aliphatic carbocycles. The number of ketones is 1. The molecule has 0 unspecified atom stereocenters. The molecule has 1 heterocycles. The number of hydrogen-bond acceptors (Lipinski definition) is 5. The number of anilines is 1. The number of nitroso groups, excluding NO2 is 1. The highest BCUT2D eigenvalue weighted by Gasteiger charge is 2.34. The number of rotatable bonds is 4. The van der Waals surface area contributed by atoms with Gasteiger partial charge in [0.25, 0.3) is 5.78 Å². The molecule has 0 fully saturated rings. The van der Waals surface area contributed by atoms with Crippen molar-refractivity contribution >= 4 is 17.4 Å². The van der Waals surface area contributed by atoms with E-state index in [0.717, 1.165) is 0 Å². The van der Waals surface area contributed by atoms with Gasteiger partial charge in [-0.25, -0.2) is 0 Å². The van der Waals surface area contributed by atoms with Gasteiger partial charge in [-0.15, -0.1) is 4.91 Å². The van der Waals surface area contributed by atoms with Crippen LogP contribution in [-0.2, 0) is 4.79 Å². The Kier molecular flexibility index (Phi) is 2.74. The van der Waals surface area contributed by atoms with Crippen LogP contribution in [0.15, 0.2) is 29.4 Å². The fourth-order valence-electron chi connectivity index (χ4n) is 1.61. The zero-order chi connectivity index (χ0) is 11.5. The molecule has 2 rings (SSSR count). The Balaban J connectivity index is 2.23. The van der Waals surface area contributed by atoms with E-state index in [1.54, 1.807) is 24.3 Å². The molecule has 1 aliphatic heterocycles. The molecular weight excluding hydrogens is 210 g/mol. The average molecular weight is 219 g/mol. The molecule has 0 aromatic heterocycles. The van der Waals surface area contributed by atoms with Crippen molar-refractivity contribution in [3.63, 3.8) is 0 Å². The van der Waals surface area contributed by atoms with E-state index in [0.29, 0.717) is 11.3 Å². The van der Waals surface area contributed by atoms with Crippen molar-refractivity contribution in [2.24, 2.45) is 5.18 Å². The maximum atomic E-state index is 11.6. The van der Waals surface area contributed by atoms with Gasteiger partial charge in [0.15, 0.2) is 0 Å². The molecule has 0 spiro atoms. The lowest BCUT2D eigenvalue weighted by molar-refractivity contribution is -0.114. The van der Waals surface area contributed by atoms with Crippen molar-refractivity contribution in [2.75, 3.05) is 18.2 Å². The van der Waals surface area contributed by atoms with Crippen molar-refractivity contribution in [3.8, 4) is 0 Å². The first kappa shape index (κ1) is 10.4. The summed E-state index contributed by atoms with van der Waals surface area (Å²) in [5, 5.41) is 5.26. The lowest BCUT2D eigenvalue weighted by atomic mass is 10.1. The van der Waals surface area contributed by atoms with Crippen molar-refractivity contribution in [3.05, 3.63) is 34.7 Å². The highest BCUT2D eigenvalue weighted by molar-refractivity contribution is 6.52. The SMILES string of the molecule is O=NCNCN1C(=O)C(=O)c2ccccc21. The van der Waals surface area contributed by atoms with Crippen molar-refractivity contribution < 1.29 is 9.59 Å². The predicted molar refractivity (Wildman–Crippen MR) is 56.9 cm³/mol. The minimum atomic E-state index is -0.584. The van der Waals surface area contributed by atoms with Gasteiger partial charge in [-0.05, 0) is 12.1 Å². The molecule has 82 valence electrons. The summed E-state index contributed by atoms with van der Waals surface area (Å²) in [6, 6.07) is 6.74. The molecule has 1 aliphatic rings. The number of carbonyl (C=O) groups excluding carboxylic acids is 2. The van der Waals surface area contributed by atoms with Crippen molar-refractivity contribution in [1.82, 2.24) is 5.32 Å². The second kappa shape index (κ2) is 4.19. The zero-order valence-corrected chi connectivity index (χ0v) is 8.34. The molecule has 1 aromatic carbocycles. The quantitative estimate of drug-likeness (QED) is 0.454. The van der Waals surface area contributed by atoms with Gasteiger partial charge in [0.1, 0.15) is 6.67 Å². The first-order valence-corrected chi connectivity index (χ1v) is 4.70. The van der Waals surface area contributed by atoms with Crippen LogP contribution >= 0.6 is 0 Å². The van der Waals surface area contributed by atoms with Crippen molar-refractivity contribution in [2.45, 2.75) is 0 Å². The van der Waals surface area contributed by atoms with Crippen LogP contribution < -0.4 is 10.2 Å². The standard InChI is InChI=1S/C10H9N3O3/c14-9-7-3-1-2-4-8(7)13(10(9)15)6-11-5-12-16/h1-4,11H,5-6H2. The van der Waals surface area contributed by atoms with E-state index in [2.05, 4.69) is 10.5 Å². The average Bonchev–Trinajstić information content (AvgIpc) is 2.55. The summed E-state index contributed by atoms with van der Waals surface area (Å²) in [5.41, 5.74) is 0.962. The first-order valence-electron chi connectivity index (χ1n) is 4.70. The number of fused-ring (bicyclic) bond motifs is 1. The summed E-state index contributed by atoms with van der Waals surface area (Å²) in [7, 11) is 0. The lowest BCUT2D eigenvalue weighted by Crippen LogP contribution is -2.38. The summed E-state index contributed by atoms with van der Waals surface area (Å²) in [6.07, 6.45) is 0. The smallest absolute Gasteiger partial charge is 0.291 e. The van der Waals surface area contributed by atoms with Crippen LogP contribution in [0.4, 0.5) is 5.69 Å².